The van der Waals surface area contributed by atoms with Crippen LogP contribution >= 0.6 is 0 Å². The highest BCUT2D eigenvalue weighted by atomic mass is 19.4. The van der Waals surface area contributed by atoms with E-state index in [9.17, 15) is 22.8 Å². The molecule has 0 saturated carbocycles. The van der Waals surface area contributed by atoms with E-state index in [0.29, 0.717) is 17.1 Å². The van der Waals surface area contributed by atoms with Crippen molar-refractivity contribution in [3.63, 3.8) is 0 Å². The molecule has 7 rings (SSSR count). The number of fused-ring (bicyclic) bond motifs is 1. The number of benzene rings is 1. The lowest BCUT2D eigenvalue weighted by atomic mass is 9.71. The van der Waals surface area contributed by atoms with Crippen molar-refractivity contribution in [3.8, 4) is 0 Å². The van der Waals surface area contributed by atoms with Crippen LogP contribution in [0.3, 0.4) is 0 Å². The number of nitrogens with zero attached hydrogens (tertiary/aromatic N) is 1. The first-order valence-corrected chi connectivity index (χ1v) is 14.8. The number of rotatable bonds is 7. The molecule has 0 aromatic heterocycles. The van der Waals surface area contributed by atoms with Crippen LogP contribution in [0.2, 0.25) is 0 Å². The van der Waals surface area contributed by atoms with Crippen molar-refractivity contribution < 1.29 is 51.2 Å². The highest BCUT2D eigenvalue weighted by Crippen LogP contribution is 2.72. The number of hydrogen-bond donors (Lipinski definition) is 0. The van der Waals surface area contributed by atoms with Gasteiger partial charge in [0, 0.05) is 31.2 Å². The Labute approximate surface area is 252 Å². The molecule has 1 unspecified atom stereocenters. The second-order valence-corrected chi connectivity index (χ2v) is 12.4. The molecule has 0 aliphatic carbocycles. The first-order chi connectivity index (χ1) is 20.9. The zero-order valence-corrected chi connectivity index (χ0v) is 25.0. The van der Waals surface area contributed by atoms with Gasteiger partial charge >= 0.3 is 18.1 Å². The van der Waals surface area contributed by atoms with Gasteiger partial charge in [0.15, 0.2) is 5.76 Å². The van der Waals surface area contributed by atoms with E-state index in [0.717, 1.165) is 26.5 Å². The van der Waals surface area contributed by atoms with Gasteiger partial charge in [-0.3, -0.25) is 4.90 Å². The number of esters is 2. The monoisotopic (exact) mass is 617 g/mol. The first-order valence-electron chi connectivity index (χ1n) is 14.8. The highest BCUT2D eigenvalue weighted by molar-refractivity contribution is 5.93. The minimum atomic E-state index is -5.06. The third kappa shape index (κ3) is 3.47. The van der Waals surface area contributed by atoms with E-state index in [1.807, 2.05) is 13.0 Å². The summed E-state index contributed by atoms with van der Waals surface area (Å²) in [5, 5.41) is 0. The average molecular weight is 618 g/mol. The first kappa shape index (κ1) is 29.4. The number of alkyl halides is 3. The second-order valence-electron chi connectivity index (χ2n) is 12.4. The average Bonchev–Trinajstić information content (AvgIpc) is 3.70. The highest BCUT2D eigenvalue weighted by Gasteiger charge is 2.84. The van der Waals surface area contributed by atoms with Gasteiger partial charge in [-0.25, -0.2) is 9.59 Å². The van der Waals surface area contributed by atoms with E-state index in [-0.39, 0.29) is 41.2 Å². The number of cyclic esters (lactones) is 1. The molecule has 6 aliphatic heterocycles. The van der Waals surface area contributed by atoms with Crippen LogP contribution in [-0.4, -0.2) is 73.4 Å². The Morgan fingerprint density at radius 3 is 2.59 bits per heavy atom. The summed E-state index contributed by atoms with van der Waals surface area (Å²) in [7, 11) is 2.33. The van der Waals surface area contributed by atoms with Gasteiger partial charge in [-0.2, -0.15) is 13.2 Å². The third-order valence-electron chi connectivity index (χ3n) is 10.6. The number of methoxy groups -OCH3 is 2. The number of hydrogen-bond acceptors (Lipinski definition) is 9. The minimum Gasteiger partial charge on any atom is -0.492 e. The summed E-state index contributed by atoms with van der Waals surface area (Å²) in [5.41, 5.74) is -3.84. The van der Waals surface area contributed by atoms with Crippen molar-refractivity contribution in [2.24, 2.45) is 17.8 Å². The molecule has 9 nitrogen and oxygen atoms in total. The molecular formula is C32H34F3NO8. The molecule has 1 aromatic carbocycles. The molecule has 10 atom stereocenters. The van der Waals surface area contributed by atoms with E-state index in [2.05, 4.69) is 4.90 Å². The fourth-order valence-corrected chi connectivity index (χ4v) is 8.88. The quantitative estimate of drug-likeness (QED) is 0.324. The number of halogens is 3. The summed E-state index contributed by atoms with van der Waals surface area (Å²) in [6.07, 6.45) is -1.20. The Hall–Kier alpha value is -3.35. The standard InChI is InChI=1S/C32H34F3NO8/c1-16(41-28(38)30(40-5,32(33,34)35)19-9-7-6-8-10-19)11-13-29-21-12-14-36(29)20-15-22(29)43-31(21)23(20)17(2)25(44-31)26-24(39-4)18(3)27(37)42-26/h6-11,13,16-17,20-23H,12,14-15H2,1-5H3/b13-11+,26-25-/t16-,17+,20+,21+,22-,23-,29+,30+,31-/m1/s1. The van der Waals surface area contributed by atoms with Gasteiger partial charge in [0.05, 0.1) is 36.2 Å². The predicted octanol–water partition coefficient (Wildman–Crippen LogP) is 4.49. The van der Waals surface area contributed by atoms with E-state index in [1.165, 1.54) is 38.3 Å². The molecule has 6 heterocycles. The van der Waals surface area contributed by atoms with Gasteiger partial charge in [-0.1, -0.05) is 43.3 Å². The van der Waals surface area contributed by atoms with Gasteiger partial charge in [-0.15, -0.1) is 0 Å². The zero-order chi connectivity index (χ0) is 31.4. The lowest BCUT2D eigenvalue weighted by molar-refractivity contribution is -0.277. The third-order valence-corrected chi connectivity index (χ3v) is 10.6. The maximum Gasteiger partial charge on any atom is 0.432 e. The van der Waals surface area contributed by atoms with Gasteiger partial charge < -0.3 is 28.4 Å². The van der Waals surface area contributed by atoms with E-state index in [1.54, 1.807) is 19.1 Å². The maximum atomic E-state index is 14.4. The van der Waals surface area contributed by atoms with E-state index in [4.69, 9.17) is 28.4 Å². The lowest BCUT2D eigenvalue weighted by Gasteiger charge is -2.47. The maximum absolute atomic E-state index is 14.4. The number of allylic oxidation sites excluding steroid dienone is 1. The van der Waals surface area contributed by atoms with Crippen LogP contribution in [0.15, 0.2) is 65.3 Å². The summed E-state index contributed by atoms with van der Waals surface area (Å²) >= 11 is 0. The summed E-state index contributed by atoms with van der Waals surface area (Å²) < 4.78 is 78.1. The molecule has 44 heavy (non-hydrogen) atoms. The topological polar surface area (TPSA) is 92.8 Å². The number of ether oxygens (including phenoxy) is 6. The smallest absolute Gasteiger partial charge is 0.432 e. The van der Waals surface area contributed by atoms with Gasteiger partial charge in [0.2, 0.25) is 11.5 Å². The van der Waals surface area contributed by atoms with Crippen molar-refractivity contribution in [2.45, 2.75) is 75.0 Å². The minimum absolute atomic E-state index is 0.0225. The van der Waals surface area contributed by atoms with E-state index < -0.39 is 41.1 Å². The SMILES string of the molecule is COC1=C(C)C(=O)O/C1=C1\O[C@@]23O[C@@H]4C[C@@H]([C@H]2[C@@H]1C)N1CC[C@H]3[C@@]41/C=C/[C@@H](C)OC(=O)[C@@](OC)(c1ccccc1)C(F)(F)F. The molecule has 5 fully saturated rings. The molecule has 0 radical (unpaired) electrons. The van der Waals surface area contributed by atoms with Crippen LogP contribution in [0, 0.1) is 17.8 Å². The summed E-state index contributed by atoms with van der Waals surface area (Å²) in [6.45, 7) is 6.02. The molecule has 12 heteroatoms. The van der Waals surface area contributed by atoms with Crippen LogP contribution in [0.1, 0.15) is 39.2 Å². The Balaban J connectivity index is 1.18. The van der Waals surface area contributed by atoms with Gasteiger partial charge in [0.25, 0.3) is 5.60 Å². The van der Waals surface area contributed by atoms with Crippen molar-refractivity contribution in [3.05, 3.63) is 70.9 Å². The number of carbonyl (C=O) groups is 2. The van der Waals surface area contributed by atoms with Crippen LogP contribution in [-0.2, 0) is 43.6 Å². The molecule has 6 aliphatic rings. The Kier molecular flexibility index (Phi) is 6.39. The normalized spacial score (nSPS) is 40.3. The predicted molar refractivity (Wildman–Crippen MR) is 146 cm³/mol. The molecule has 0 N–H and O–H groups in total. The van der Waals surface area contributed by atoms with Crippen LogP contribution in [0.25, 0.3) is 0 Å². The van der Waals surface area contributed by atoms with Crippen molar-refractivity contribution in [1.82, 2.24) is 4.90 Å². The van der Waals surface area contributed by atoms with Crippen LogP contribution in [0.4, 0.5) is 13.2 Å². The molecule has 5 saturated heterocycles. The molecular weight excluding hydrogens is 583 g/mol. The van der Waals surface area contributed by atoms with Crippen molar-refractivity contribution in [1.29, 1.82) is 0 Å². The van der Waals surface area contributed by atoms with Crippen LogP contribution < -0.4 is 0 Å². The molecule has 1 spiro atoms. The Morgan fingerprint density at radius 1 is 1.20 bits per heavy atom. The lowest BCUT2D eigenvalue weighted by Crippen LogP contribution is -2.60. The number of carbonyl (C=O) groups excluding carboxylic acids is 2. The van der Waals surface area contributed by atoms with Crippen molar-refractivity contribution in [2.75, 3.05) is 20.8 Å². The largest absolute Gasteiger partial charge is 0.492 e. The summed E-state index contributed by atoms with van der Waals surface area (Å²) in [4.78, 5) is 28.0. The van der Waals surface area contributed by atoms with Gasteiger partial charge in [0.1, 0.15) is 11.9 Å². The van der Waals surface area contributed by atoms with Gasteiger partial charge in [-0.05, 0) is 32.8 Å². The fraction of sp³-hybridized carbons (Fsp3) is 0.562. The van der Waals surface area contributed by atoms with Crippen LogP contribution in [0.5, 0.6) is 0 Å². The molecule has 1 aromatic rings. The number of piperidine rings is 1. The van der Waals surface area contributed by atoms with E-state index >= 15 is 0 Å². The molecule has 0 amide bonds. The van der Waals surface area contributed by atoms with Crippen molar-refractivity contribution >= 4 is 11.9 Å². The molecule has 5 bridgehead atoms. The Bertz CT molecular complexity index is 1510. The second kappa shape index (κ2) is 9.58. The summed E-state index contributed by atoms with van der Waals surface area (Å²) in [5.74, 6) is -2.06. The Morgan fingerprint density at radius 2 is 1.93 bits per heavy atom. The summed E-state index contributed by atoms with van der Waals surface area (Å²) in [6, 6.07) is 6.86. The zero-order valence-electron chi connectivity index (χ0n) is 25.0. The fourth-order valence-electron chi connectivity index (χ4n) is 8.88. The molecule has 236 valence electrons.